The maximum absolute atomic E-state index is 12.6. The first kappa shape index (κ1) is 18.7. The number of piperidine rings is 1. The molecule has 1 unspecified atom stereocenters. The molecule has 26 heavy (non-hydrogen) atoms. The van der Waals surface area contributed by atoms with Gasteiger partial charge in [-0.2, -0.15) is 13.2 Å². The third kappa shape index (κ3) is 4.17. The van der Waals surface area contributed by atoms with E-state index in [0.717, 1.165) is 12.0 Å². The Morgan fingerprint density at radius 2 is 1.77 bits per heavy atom. The van der Waals surface area contributed by atoms with Crippen molar-refractivity contribution in [3.8, 4) is 0 Å². The third-order valence-electron chi connectivity index (χ3n) is 5.13. The van der Waals surface area contributed by atoms with Gasteiger partial charge in [0.05, 0.1) is 0 Å². The zero-order valence-corrected chi connectivity index (χ0v) is 14.1. The minimum absolute atomic E-state index is 0.0225. The number of likely N-dealkylation sites (tertiary alicyclic amines) is 1. The zero-order chi connectivity index (χ0) is 18.9. The number of alkyl halides is 3. The fraction of sp³-hybridized carbons (Fsp3) is 0.556. The first-order valence-corrected chi connectivity index (χ1v) is 8.64. The van der Waals surface area contributed by atoms with E-state index in [1.807, 2.05) is 30.3 Å². The molecule has 0 bridgehead atoms. The number of amides is 1. The number of ether oxygens (including phenoxy) is 1. The molecule has 5 nitrogen and oxygen atoms in total. The van der Waals surface area contributed by atoms with Crippen LogP contribution < -0.4 is 5.73 Å². The van der Waals surface area contributed by atoms with Gasteiger partial charge in [0.2, 0.25) is 5.91 Å². The molecule has 1 aliphatic carbocycles. The number of carbonyl (C=O) groups is 2. The van der Waals surface area contributed by atoms with Gasteiger partial charge in [-0.15, -0.1) is 0 Å². The summed E-state index contributed by atoms with van der Waals surface area (Å²) in [5.74, 6) is -2.35. The summed E-state index contributed by atoms with van der Waals surface area (Å²) >= 11 is 0. The average molecular weight is 370 g/mol. The van der Waals surface area contributed by atoms with Gasteiger partial charge in [0.15, 0.2) is 6.23 Å². The standard InChI is InChI=1S/C18H21F3N2O3/c19-18(20,21)17(25)26-15(22)12-6-8-23(9-7-12)16(24)14-10-13(14)11-4-2-1-3-5-11/h1-5,12-15H,6-10,22H2/t13-,14+,15?/m0/s1. The maximum atomic E-state index is 12.6. The fourth-order valence-electron chi connectivity index (χ4n) is 3.51. The second-order valence-electron chi connectivity index (χ2n) is 6.89. The summed E-state index contributed by atoms with van der Waals surface area (Å²) in [7, 11) is 0. The highest BCUT2D eigenvalue weighted by molar-refractivity contribution is 5.83. The summed E-state index contributed by atoms with van der Waals surface area (Å²) in [5, 5.41) is 0. The molecule has 2 N–H and O–H groups in total. The Balaban J connectivity index is 1.47. The van der Waals surface area contributed by atoms with E-state index < -0.39 is 18.4 Å². The van der Waals surface area contributed by atoms with Gasteiger partial charge >= 0.3 is 12.1 Å². The zero-order valence-electron chi connectivity index (χ0n) is 14.1. The molecule has 2 aliphatic rings. The molecule has 2 fully saturated rings. The molecular formula is C18H21F3N2O3. The highest BCUT2D eigenvalue weighted by atomic mass is 19.4. The molecule has 1 saturated carbocycles. The van der Waals surface area contributed by atoms with E-state index in [1.165, 1.54) is 0 Å². The Labute approximate surface area is 149 Å². The monoisotopic (exact) mass is 370 g/mol. The van der Waals surface area contributed by atoms with E-state index in [0.29, 0.717) is 25.9 Å². The van der Waals surface area contributed by atoms with E-state index in [2.05, 4.69) is 4.74 Å². The van der Waals surface area contributed by atoms with Crippen LogP contribution in [0.1, 0.15) is 30.7 Å². The van der Waals surface area contributed by atoms with Gasteiger partial charge in [-0.05, 0) is 30.7 Å². The van der Waals surface area contributed by atoms with Crippen LogP contribution in [0, 0.1) is 11.8 Å². The number of rotatable bonds is 4. The average Bonchev–Trinajstić information content (AvgIpc) is 3.42. The molecule has 1 aromatic carbocycles. The van der Waals surface area contributed by atoms with Gasteiger partial charge in [-0.25, -0.2) is 4.79 Å². The summed E-state index contributed by atoms with van der Waals surface area (Å²) in [6.45, 7) is 0.831. The van der Waals surface area contributed by atoms with E-state index in [4.69, 9.17) is 5.73 Å². The highest BCUT2D eigenvalue weighted by Crippen LogP contribution is 2.48. The largest absolute Gasteiger partial charge is 0.490 e. The molecule has 1 amide bonds. The van der Waals surface area contributed by atoms with Crippen molar-refractivity contribution in [2.75, 3.05) is 13.1 Å². The van der Waals surface area contributed by atoms with Gasteiger partial charge in [0.1, 0.15) is 0 Å². The molecule has 1 aromatic rings. The van der Waals surface area contributed by atoms with Crippen molar-refractivity contribution in [3.63, 3.8) is 0 Å². The van der Waals surface area contributed by atoms with Crippen molar-refractivity contribution in [1.29, 1.82) is 0 Å². The molecule has 3 rings (SSSR count). The van der Waals surface area contributed by atoms with Gasteiger partial charge in [0.25, 0.3) is 0 Å². The number of benzene rings is 1. The molecule has 142 valence electrons. The molecule has 0 aromatic heterocycles. The molecule has 3 atom stereocenters. The van der Waals surface area contributed by atoms with Crippen LogP contribution in [0.15, 0.2) is 30.3 Å². The van der Waals surface area contributed by atoms with E-state index in [9.17, 15) is 22.8 Å². The molecule has 1 heterocycles. The van der Waals surface area contributed by atoms with Gasteiger partial charge in [-0.3, -0.25) is 10.5 Å². The topological polar surface area (TPSA) is 72.6 Å². The molecule has 1 saturated heterocycles. The summed E-state index contributed by atoms with van der Waals surface area (Å²) in [6, 6.07) is 9.85. The van der Waals surface area contributed by atoms with Crippen LogP contribution in [0.5, 0.6) is 0 Å². The number of nitrogens with two attached hydrogens (primary N) is 1. The van der Waals surface area contributed by atoms with Crippen LogP contribution in [-0.2, 0) is 14.3 Å². The Morgan fingerprint density at radius 3 is 2.35 bits per heavy atom. The summed E-state index contributed by atoms with van der Waals surface area (Å²) in [5.41, 5.74) is 6.75. The van der Waals surface area contributed by atoms with Gasteiger partial charge in [-0.1, -0.05) is 30.3 Å². The van der Waals surface area contributed by atoms with Gasteiger partial charge < -0.3 is 9.64 Å². The summed E-state index contributed by atoms with van der Waals surface area (Å²) < 4.78 is 41.0. The number of hydrogen-bond acceptors (Lipinski definition) is 4. The van der Waals surface area contributed by atoms with Crippen molar-refractivity contribution in [2.45, 2.75) is 37.6 Å². The van der Waals surface area contributed by atoms with Crippen LogP contribution in [0.25, 0.3) is 0 Å². The fourth-order valence-corrected chi connectivity index (χ4v) is 3.51. The van der Waals surface area contributed by atoms with E-state index in [1.54, 1.807) is 4.90 Å². The molecule has 0 spiro atoms. The first-order chi connectivity index (χ1) is 12.3. The Kier molecular flexibility index (Phi) is 5.22. The summed E-state index contributed by atoms with van der Waals surface area (Å²) in [4.78, 5) is 25.2. The molecular weight excluding hydrogens is 349 g/mol. The van der Waals surface area contributed by atoms with Crippen molar-refractivity contribution < 1.29 is 27.5 Å². The molecule has 8 heteroatoms. The van der Waals surface area contributed by atoms with Crippen LogP contribution >= 0.6 is 0 Å². The normalized spacial score (nSPS) is 24.8. The van der Waals surface area contributed by atoms with E-state index >= 15 is 0 Å². The number of esters is 1. The van der Waals surface area contributed by atoms with Crippen molar-refractivity contribution in [2.24, 2.45) is 17.6 Å². The number of nitrogens with zero attached hydrogens (tertiary/aromatic N) is 1. The first-order valence-electron chi connectivity index (χ1n) is 8.64. The third-order valence-corrected chi connectivity index (χ3v) is 5.13. The van der Waals surface area contributed by atoms with E-state index in [-0.39, 0.29) is 23.7 Å². The summed E-state index contributed by atoms with van der Waals surface area (Å²) in [6.07, 6.45) is -4.70. The van der Waals surface area contributed by atoms with Crippen LogP contribution in [0.2, 0.25) is 0 Å². The van der Waals surface area contributed by atoms with Crippen molar-refractivity contribution in [3.05, 3.63) is 35.9 Å². The van der Waals surface area contributed by atoms with Crippen molar-refractivity contribution in [1.82, 2.24) is 4.90 Å². The smallest absolute Gasteiger partial charge is 0.440 e. The minimum Gasteiger partial charge on any atom is -0.440 e. The van der Waals surface area contributed by atoms with Crippen molar-refractivity contribution >= 4 is 11.9 Å². The quantitative estimate of drug-likeness (QED) is 0.653. The maximum Gasteiger partial charge on any atom is 0.490 e. The number of halogens is 3. The molecule has 0 radical (unpaired) electrons. The number of hydrogen-bond donors (Lipinski definition) is 1. The second-order valence-corrected chi connectivity index (χ2v) is 6.89. The lowest BCUT2D eigenvalue weighted by Gasteiger charge is -2.34. The van der Waals surface area contributed by atoms with Crippen LogP contribution in [0.3, 0.4) is 0 Å². The molecule has 1 aliphatic heterocycles. The van der Waals surface area contributed by atoms with Crippen LogP contribution in [-0.4, -0.2) is 42.3 Å². The van der Waals surface area contributed by atoms with Gasteiger partial charge in [0, 0.05) is 24.9 Å². The second kappa shape index (κ2) is 7.26. The Hall–Kier alpha value is -2.09. The lowest BCUT2D eigenvalue weighted by molar-refractivity contribution is -0.207. The predicted octanol–water partition coefficient (Wildman–Crippen LogP) is 2.42. The minimum atomic E-state index is -5.05. The Morgan fingerprint density at radius 1 is 1.15 bits per heavy atom. The lowest BCUT2D eigenvalue weighted by atomic mass is 9.95. The predicted molar refractivity (Wildman–Crippen MR) is 86.7 cm³/mol. The Bertz CT molecular complexity index is 657. The SMILES string of the molecule is NC(OC(=O)C(F)(F)F)C1CCN(C(=O)[C@@H]2C[C@H]2c2ccccc2)CC1. The van der Waals surface area contributed by atoms with Crippen LogP contribution in [0.4, 0.5) is 13.2 Å². The highest BCUT2D eigenvalue weighted by Gasteiger charge is 2.47. The number of carbonyl (C=O) groups excluding carboxylic acids is 2. The lowest BCUT2D eigenvalue weighted by Crippen LogP contribution is -2.46.